The van der Waals surface area contributed by atoms with Crippen LogP contribution in [-0.4, -0.2) is 75.9 Å². The van der Waals surface area contributed by atoms with Gasteiger partial charge in [-0.2, -0.15) is 0 Å². The standard InChI is InChI=1S/C24H40N4O2/c1-20-8-11-27(12-9-20)17-22-6-4-21(5-7-22)16-26-24(25-2)28-13-10-23(18-28)19-30-15-14-29-3/h4-7,20,23H,8-19H2,1-3H3,(H,25,26). The second kappa shape index (κ2) is 12.3. The van der Waals surface area contributed by atoms with E-state index in [0.29, 0.717) is 19.1 Å². The summed E-state index contributed by atoms with van der Waals surface area (Å²) in [6.07, 6.45) is 3.81. The van der Waals surface area contributed by atoms with Gasteiger partial charge in [0, 0.05) is 46.3 Å². The lowest BCUT2D eigenvalue weighted by Crippen LogP contribution is -2.39. The van der Waals surface area contributed by atoms with Crippen LogP contribution in [0.25, 0.3) is 0 Å². The quantitative estimate of drug-likeness (QED) is 0.381. The van der Waals surface area contributed by atoms with Gasteiger partial charge in [0.15, 0.2) is 5.96 Å². The largest absolute Gasteiger partial charge is 0.382 e. The molecule has 1 N–H and O–H groups in total. The molecule has 0 aliphatic carbocycles. The fraction of sp³-hybridized carbons (Fsp3) is 0.708. The van der Waals surface area contributed by atoms with Crippen LogP contribution in [0.4, 0.5) is 0 Å². The Morgan fingerprint density at radius 1 is 1.07 bits per heavy atom. The van der Waals surface area contributed by atoms with Crippen LogP contribution in [0, 0.1) is 11.8 Å². The number of aliphatic imine (C=N–C) groups is 1. The predicted molar refractivity (Wildman–Crippen MR) is 123 cm³/mol. The van der Waals surface area contributed by atoms with Crippen LogP contribution in [0.3, 0.4) is 0 Å². The number of benzene rings is 1. The molecule has 1 atom stereocenters. The third kappa shape index (κ3) is 7.25. The monoisotopic (exact) mass is 416 g/mol. The molecule has 0 bridgehead atoms. The van der Waals surface area contributed by atoms with Gasteiger partial charge in [-0.3, -0.25) is 9.89 Å². The zero-order valence-corrected chi connectivity index (χ0v) is 19.1. The van der Waals surface area contributed by atoms with Gasteiger partial charge < -0.3 is 19.7 Å². The molecule has 1 aromatic carbocycles. The van der Waals surface area contributed by atoms with Crippen LogP contribution in [0.2, 0.25) is 0 Å². The summed E-state index contributed by atoms with van der Waals surface area (Å²) >= 11 is 0. The summed E-state index contributed by atoms with van der Waals surface area (Å²) in [5, 5.41) is 3.53. The highest BCUT2D eigenvalue weighted by molar-refractivity contribution is 5.80. The normalized spacial score (nSPS) is 21.4. The highest BCUT2D eigenvalue weighted by Crippen LogP contribution is 2.19. The SMILES string of the molecule is CN=C(NCc1ccc(CN2CCC(C)CC2)cc1)N1CCC(COCCOC)C1. The van der Waals surface area contributed by atoms with Crippen LogP contribution in [-0.2, 0) is 22.6 Å². The Labute approximate surface area is 182 Å². The van der Waals surface area contributed by atoms with E-state index in [-0.39, 0.29) is 0 Å². The number of piperidine rings is 1. The van der Waals surface area contributed by atoms with E-state index < -0.39 is 0 Å². The highest BCUT2D eigenvalue weighted by Gasteiger charge is 2.25. The van der Waals surface area contributed by atoms with Crippen molar-refractivity contribution < 1.29 is 9.47 Å². The number of ether oxygens (including phenoxy) is 2. The second-order valence-electron chi connectivity index (χ2n) is 8.84. The van der Waals surface area contributed by atoms with Crippen molar-refractivity contribution in [1.29, 1.82) is 0 Å². The lowest BCUT2D eigenvalue weighted by atomic mass is 9.99. The second-order valence-corrected chi connectivity index (χ2v) is 8.84. The first-order valence-electron chi connectivity index (χ1n) is 11.5. The molecule has 2 aliphatic heterocycles. The van der Waals surface area contributed by atoms with E-state index in [9.17, 15) is 0 Å². The van der Waals surface area contributed by atoms with Crippen molar-refractivity contribution in [3.63, 3.8) is 0 Å². The van der Waals surface area contributed by atoms with E-state index in [1.54, 1.807) is 7.11 Å². The molecule has 30 heavy (non-hydrogen) atoms. The fourth-order valence-corrected chi connectivity index (χ4v) is 4.31. The lowest BCUT2D eigenvalue weighted by molar-refractivity contribution is 0.0536. The first-order chi connectivity index (χ1) is 14.7. The van der Waals surface area contributed by atoms with Gasteiger partial charge in [0.25, 0.3) is 0 Å². The van der Waals surface area contributed by atoms with Crippen LogP contribution >= 0.6 is 0 Å². The van der Waals surface area contributed by atoms with Gasteiger partial charge in [-0.25, -0.2) is 0 Å². The van der Waals surface area contributed by atoms with Gasteiger partial charge in [0.2, 0.25) is 0 Å². The first-order valence-corrected chi connectivity index (χ1v) is 11.5. The molecule has 0 spiro atoms. The smallest absolute Gasteiger partial charge is 0.193 e. The van der Waals surface area contributed by atoms with Gasteiger partial charge in [-0.1, -0.05) is 31.2 Å². The Kier molecular flexibility index (Phi) is 9.43. The Bertz CT molecular complexity index is 641. The van der Waals surface area contributed by atoms with E-state index in [0.717, 1.165) is 51.1 Å². The summed E-state index contributed by atoms with van der Waals surface area (Å²) in [6, 6.07) is 9.05. The van der Waals surface area contributed by atoms with E-state index in [2.05, 4.69) is 51.3 Å². The Morgan fingerprint density at radius 2 is 1.80 bits per heavy atom. The third-order valence-corrected chi connectivity index (χ3v) is 6.34. The Hall–Kier alpha value is -1.63. The molecule has 0 aromatic heterocycles. The summed E-state index contributed by atoms with van der Waals surface area (Å²) in [6.45, 7) is 10.9. The number of likely N-dealkylation sites (tertiary alicyclic amines) is 2. The minimum absolute atomic E-state index is 0.567. The summed E-state index contributed by atoms with van der Waals surface area (Å²) in [5.41, 5.74) is 2.71. The molecule has 0 saturated carbocycles. The molecule has 168 valence electrons. The number of methoxy groups -OCH3 is 1. The topological polar surface area (TPSA) is 49.3 Å². The minimum Gasteiger partial charge on any atom is -0.382 e. The average Bonchev–Trinajstić information content (AvgIpc) is 3.23. The summed E-state index contributed by atoms with van der Waals surface area (Å²) < 4.78 is 10.7. The van der Waals surface area contributed by atoms with Crippen molar-refractivity contribution in [3.8, 4) is 0 Å². The van der Waals surface area contributed by atoms with Crippen molar-refractivity contribution in [2.24, 2.45) is 16.8 Å². The van der Waals surface area contributed by atoms with Crippen LogP contribution in [0.15, 0.2) is 29.3 Å². The van der Waals surface area contributed by atoms with Crippen molar-refractivity contribution >= 4 is 5.96 Å². The molecule has 0 amide bonds. The number of hydrogen-bond donors (Lipinski definition) is 1. The van der Waals surface area contributed by atoms with Crippen LogP contribution < -0.4 is 5.32 Å². The van der Waals surface area contributed by atoms with Crippen molar-refractivity contribution in [3.05, 3.63) is 35.4 Å². The lowest BCUT2D eigenvalue weighted by Gasteiger charge is -2.30. The fourth-order valence-electron chi connectivity index (χ4n) is 4.31. The molecular formula is C24H40N4O2. The van der Waals surface area contributed by atoms with Gasteiger partial charge in [0.1, 0.15) is 0 Å². The maximum Gasteiger partial charge on any atom is 0.193 e. The average molecular weight is 417 g/mol. The van der Waals surface area contributed by atoms with Gasteiger partial charge in [-0.05, 0) is 49.4 Å². The molecule has 1 aromatic rings. The summed E-state index contributed by atoms with van der Waals surface area (Å²) in [7, 11) is 3.58. The van der Waals surface area contributed by atoms with E-state index in [4.69, 9.17) is 9.47 Å². The van der Waals surface area contributed by atoms with Crippen molar-refractivity contribution in [2.75, 3.05) is 60.2 Å². The predicted octanol–water partition coefficient (Wildman–Crippen LogP) is 2.98. The Balaban J connectivity index is 1.39. The van der Waals surface area contributed by atoms with E-state index in [1.165, 1.54) is 37.1 Å². The van der Waals surface area contributed by atoms with Gasteiger partial charge >= 0.3 is 0 Å². The zero-order valence-electron chi connectivity index (χ0n) is 19.1. The minimum atomic E-state index is 0.567. The molecule has 3 rings (SSSR count). The number of rotatable bonds is 9. The summed E-state index contributed by atoms with van der Waals surface area (Å²) in [4.78, 5) is 9.42. The molecule has 1 unspecified atom stereocenters. The number of hydrogen-bond acceptors (Lipinski definition) is 4. The van der Waals surface area contributed by atoms with Gasteiger partial charge in [0.05, 0.1) is 19.8 Å². The molecule has 6 heteroatoms. The van der Waals surface area contributed by atoms with Crippen molar-refractivity contribution in [2.45, 2.75) is 39.3 Å². The molecule has 2 aliphatic rings. The molecule has 0 radical (unpaired) electrons. The Morgan fingerprint density at radius 3 is 2.50 bits per heavy atom. The summed E-state index contributed by atoms with van der Waals surface area (Å²) in [5.74, 6) is 2.44. The molecule has 2 fully saturated rings. The van der Waals surface area contributed by atoms with E-state index >= 15 is 0 Å². The van der Waals surface area contributed by atoms with Crippen molar-refractivity contribution in [1.82, 2.24) is 15.1 Å². The maximum atomic E-state index is 5.70. The van der Waals surface area contributed by atoms with Crippen LogP contribution in [0.5, 0.6) is 0 Å². The maximum absolute atomic E-state index is 5.70. The van der Waals surface area contributed by atoms with Crippen LogP contribution in [0.1, 0.15) is 37.3 Å². The molecular weight excluding hydrogens is 376 g/mol. The number of guanidine groups is 1. The first kappa shape index (κ1) is 23.0. The van der Waals surface area contributed by atoms with E-state index in [1.807, 2.05) is 7.05 Å². The molecule has 6 nitrogen and oxygen atoms in total. The highest BCUT2D eigenvalue weighted by atomic mass is 16.5. The number of nitrogens with zero attached hydrogens (tertiary/aromatic N) is 3. The molecule has 2 heterocycles. The zero-order chi connectivity index (χ0) is 21.2. The molecule has 2 saturated heterocycles. The van der Waals surface area contributed by atoms with Gasteiger partial charge in [-0.15, -0.1) is 0 Å². The third-order valence-electron chi connectivity index (χ3n) is 6.34. The number of nitrogens with one attached hydrogen (secondary N) is 1.